The van der Waals surface area contributed by atoms with Crippen LogP contribution in [-0.4, -0.2) is 32.8 Å². The zero-order chi connectivity index (χ0) is 25.4. The summed E-state index contributed by atoms with van der Waals surface area (Å²) in [5, 5.41) is 0.695. The smallest absolute Gasteiger partial charge is 0.417 e. The average Bonchev–Trinajstić information content (AvgIpc) is 3.31. The highest BCUT2D eigenvalue weighted by Crippen LogP contribution is 2.41. The Hall–Kier alpha value is -3.65. The number of methoxy groups -OCH3 is 3. The molecule has 1 aliphatic heterocycles. The first-order chi connectivity index (χ1) is 17.3. The summed E-state index contributed by atoms with van der Waals surface area (Å²) < 4.78 is 63.0. The molecule has 5 rings (SSSR count). The third-order valence-corrected chi connectivity index (χ3v) is 6.56. The Morgan fingerprint density at radius 2 is 1.56 bits per heavy atom. The minimum atomic E-state index is -4.48. The SMILES string of the molecule is COc1cc2c(cc1OC)CN(Cc1cc(OC)c3oc(-c4ccccc4C(F)(F)F)cc3c1)CC2. The summed E-state index contributed by atoms with van der Waals surface area (Å²) in [6, 6.07) is 15.0. The van der Waals surface area contributed by atoms with E-state index in [1.54, 1.807) is 26.4 Å². The van der Waals surface area contributed by atoms with Gasteiger partial charge >= 0.3 is 6.18 Å². The lowest BCUT2D eigenvalue weighted by Crippen LogP contribution is -2.30. The summed E-state index contributed by atoms with van der Waals surface area (Å²) in [5.74, 6) is 2.07. The van der Waals surface area contributed by atoms with Gasteiger partial charge in [-0.25, -0.2) is 0 Å². The van der Waals surface area contributed by atoms with Gasteiger partial charge in [0.15, 0.2) is 22.8 Å². The van der Waals surface area contributed by atoms with Crippen LogP contribution in [0.15, 0.2) is 59.0 Å². The van der Waals surface area contributed by atoms with Crippen LogP contribution in [0.25, 0.3) is 22.3 Å². The predicted octanol–water partition coefficient (Wildman–Crippen LogP) is 6.70. The van der Waals surface area contributed by atoms with Crippen molar-refractivity contribution in [1.29, 1.82) is 0 Å². The second-order valence-electron chi connectivity index (χ2n) is 8.81. The van der Waals surface area contributed by atoms with E-state index in [1.165, 1.54) is 30.4 Å². The average molecular weight is 498 g/mol. The molecule has 1 aliphatic rings. The zero-order valence-electron chi connectivity index (χ0n) is 20.2. The highest BCUT2D eigenvalue weighted by molar-refractivity contribution is 5.88. The predicted molar refractivity (Wildman–Crippen MR) is 131 cm³/mol. The van der Waals surface area contributed by atoms with Crippen LogP contribution in [0.3, 0.4) is 0 Å². The summed E-state index contributed by atoms with van der Waals surface area (Å²) in [6.07, 6.45) is -3.61. The van der Waals surface area contributed by atoms with Crippen LogP contribution >= 0.6 is 0 Å². The Morgan fingerprint density at radius 3 is 2.25 bits per heavy atom. The van der Waals surface area contributed by atoms with E-state index >= 15 is 0 Å². The summed E-state index contributed by atoms with van der Waals surface area (Å²) >= 11 is 0. The minimum Gasteiger partial charge on any atom is -0.493 e. The van der Waals surface area contributed by atoms with Gasteiger partial charge < -0.3 is 18.6 Å². The molecule has 0 radical (unpaired) electrons. The first-order valence-electron chi connectivity index (χ1n) is 11.5. The molecule has 0 bridgehead atoms. The van der Waals surface area contributed by atoms with Crippen molar-refractivity contribution >= 4 is 11.0 Å². The van der Waals surface area contributed by atoms with Crippen molar-refractivity contribution in [2.75, 3.05) is 27.9 Å². The van der Waals surface area contributed by atoms with Crippen molar-refractivity contribution in [1.82, 2.24) is 4.90 Å². The Bertz CT molecular complexity index is 1410. The number of alkyl halides is 3. The number of ether oxygens (including phenoxy) is 3. The van der Waals surface area contributed by atoms with E-state index in [2.05, 4.69) is 4.90 Å². The van der Waals surface area contributed by atoms with Gasteiger partial charge in [0.05, 0.1) is 26.9 Å². The minimum absolute atomic E-state index is 0.00168. The Kier molecular flexibility index (Phi) is 6.30. The molecule has 3 aromatic carbocycles. The molecule has 0 unspecified atom stereocenters. The van der Waals surface area contributed by atoms with Gasteiger partial charge in [0.1, 0.15) is 5.76 Å². The van der Waals surface area contributed by atoms with Gasteiger partial charge in [-0.15, -0.1) is 0 Å². The number of hydrogen-bond acceptors (Lipinski definition) is 5. The van der Waals surface area contributed by atoms with Crippen LogP contribution in [0.2, 0.25) is 0 Å². The molecule has 0 N–H and O–H groups in total. The Morgan fingerprint density at radius 1 is 0.861 bits per heavy atom. The maximum absolute atomic E-state index is 13.6. The highest BCUT2D eigenvalue weighted by atomic mass is 19.4. The molecule has 1 aromatic heterocycles. The summed E-state index contributed by atoms with van der Waals surface area (Å²) in [4.78, 5) is 2.31. The number of nitrogens with zero attached hydrogens (tertiary/aromatic N) is 1. The normalized spacial score (nSPS) is 14.1. The van der Waals surface area contributed by atoms with Crippen LogP contribution in [0.4, 0.5) is 13.2 Å². The molecular formula is C28H26F3NO4. The number of fused-ring (bicyclic) bond motifs is 2. The van der Waals surface area contributed by atoms with Crippen molar-refractivity contribution in [2.24, 2.45) is 0 Å². The first-order valence-corrected chi connectivity index (χ1v) is 11.5. The molecule has 0 saturated heterocycles. The first kappa shape index (κ1) is 24.1. The van der Waals surface area contributed by atoms with Gasteiger partial charge in [0.25, 0.3) is 0 Å². The highest BCUT2D eigenvalue weighted by Gasteiger charge is 2.34. The second-order valence-corrected chi connectivity index (χ2v) is 8.81. The number of halogens is 3. The lowest BCUT2D eigenvalue weighted by Gasteiger charge is -2.29. The van der Waals surface area contributed by atoms with Gasteiger partial charge in [-0.1, -0.05) is 18.2 Å². The van der Waals surface area contributed by atoms with Gasteiger partial charge in [-0.3, -0.25) is 4.90 Å². The Labute approximate surface area is 207 Å². The van der Waals surface area contributed by atoms with E-state index < -0.39 is 11.7 Å². The van der Waals surface area contributed by atoms with Gasteiger partial charge in [-0.05, 0) is 59.5 Å². The number of rotatable bonds is 6. The van der Waals surface area contributed by atoms with Crippen LogP contribution in [-0.2, 0) is 25.7 Å². The van der Waals surface area contributed by atoms with Crippen molar-refractivity contribution in [3.05, 3.63) is 76.9 Å². The lowest BCUT2D eigenvalue weighted by atomic mass is 9.98. The fraction of sp³-hybridized carbons (Fsp3) is 0.286. The van der Waals surface area contributed by atoms with E-state index in [-0.39, 0.29) is 11.3 Å². The molecule has 0 aliphatic carbocycles. The molecule has 0 amide bonds. The molecule has 8 heteroatoms. The van der Waals surface area contributed by atoms with Gasteiger partial charge in [0, 0.05) is 30.6 Å². The van der Waals surface area contributed by atoms with Crippen molar-refractivity contribution in [3.63, 3.8) is 0 Å². The molecule has 0 spiro atoms. The number of furan rings is 1. The molecular weight excluding hydrogens is 471 g/mol. The molecule has 4 aromatic rings. The van der Waals surface area contributed by atoms with E-state index in [1.807, 2.05) is 24.3 Å². The molecule has 5 nitrogen and oxygen atoms in total. The van der Waals surface area contributed by atoms with E-state index in [0.29, 0.717) is 29.0 Å². The number of hydrogen-bond donors (Lipinski definition) is 0. The van der Waals surface area contributed by atoms with Crippen LogP contribution in [0.1, 0.15) is 22.3 Å². The van der Waals surface area contributed by atoms with Crippen molar-refractivity contribution < 1.29 is 31.8 Å². The quantitative estimate of drug-likeness (QED) is 0.297. The molecule has 0 saturated carbocycles. The fourth-order valence-corrected chi connectivity index (χ4v) is 4.84. The van der Waals surface area contributed by atoms with Crippen molar-refractivity contribution in [3.8, 4) is 28.6 Å². The molecule has 36 heavy (non-hydrogen) atoms. The van der Waals surface area contributed by atoms with Gasteiger partial charge in [-0.2, -0.15) is 13.2 Å². The molecule has 2 heterocycles. The number of benzene rings is 3. The van der Waals surface area contributed by atoms with E-state index in [9.17, 15) is 13.2 Å². The van der Waals surface area contributed by atoms with Crippen molar-refractivity contribution in [2.45, 2.75) is 25.7 Å². The summed E-state index contributed by atoms with van der Waals surface area (Å²) in [6.45, 7) is 2.25. The monoisotopic (exact) mass is 497 g/mol. The largest absolute Gasteiger partial charge is 0.493 e. The topological polar surface area (TPSA) is 44.1 Å². The second kappa shape index (κ2) is 9.43. The molecule has 188 valence electrons. The van der Waals surface area contributed by atoms with Crippen LogP contribution < -0.4 is 14.2 Å². The third kappa shape index (κ3) is 4.48. The Balaban J connectivity index is 1.45. The van der Waals surface area contributed by atoms with E-state index in [0.717, 1.165) is 36.9 Å². The molecule has 0 fully saturated rings. The lowest BCUT2D eigenvalue weighted by molar-refractivity contribution is -0.137. The van der Waals surface area contributed by atoms with Crippen LogP contribution in [0, 0.1) is 0 Å². The maximum atomic E-state index is 13.6. The summed E-state index contributed by atoms with van der Waals surface area (Å²) in [5.41, 5.74) is 3.10. The molecule has 0 atom stereocenters. The third-order valence-electron chi connectivity index (χ3n) is 6.56. The summed E-state index contributed by atoms with van der Waals surface area (Å²) in [7, 11) is 4.78. The maximum Gasteiger partial charge on any atom is 0.417 e. The van der Waals surface area contributed by atoms with E-state index in [4.69, 9.17) is 18.6 Å². The standard InChI is InChI=1S/C28H26F3NO4/c1-33-24-12-18-8-9-32(16-20(18)14-25(24)34-2)15-17-10-19-13-23(36-27(19)26(11-17)35-3)21-6-4-5-7-22(21)28(29,30)31/h4-7,10-14H,8-9,15-16H2,1-3H3. The zero-order valence-corrected chi connectivity index (χ0v) is 20.2. The van der Waals surface area contributed by atoms with Gasteiger partial charge in [0.2, 0.25) is 0 Å². The van der Waals surface area contributed by atoms with Crippen LogP contribution in [0.5, 0.6) is 17.2 Å². The fourth-order valence-electron chi connectivity index (χ4n) is 4.84.